The zero-order valence-corrected chi connectivity index (χ0v) is 21.0. The van der Waals surface area contributed by atoms with E-state index in [0.717, 1.165) is 41.0 Å². The number of amides is 3. The Morgan fingerprint density at radius 2 is 1.75 bits per heavy atom. The summed E-state index contributed by atoms with van der Waals surface area (Å²) in [5, 5.41) is -0.0812. The molecule has 2 fully saturated rings. The average Bonchev–Trinajstić information content (AvgIpc) is 3.36. The van der Waals surface area contributed by atoms with E-state index in [1.165, 1.54) is 21.2 Å². The highest BCUT2D eigenvalue weighted by atomic mass is 32.2. The molecule has 5 heterocycles. The summed E-state index contributed by atoms with van der Waals surface area (Å²) in [4.78, 5) is 61.4. The molecule has 2 saturated heterocycles. The van der Waals surface area contributed by atoms with Crippen molar-refractivity contribution in [1.29, 1.82) is 0 Å². The number of fused-ring (bicyclic) bond motifs is 2. The standard InChI is InChI=1S/C26H24N4O4S2/c31-18(28-12-5-2-6-13-28)15-29-25-22(36-26(29)34)19(16-8-7-11-27-14-16)20-21(35-25)24(33)30(23(20)32)17-9-3-1-4-10-17/h1,3-4,7-11,14,19-21H,2,5-6,12-13,15H2/t19-,20-,21+/m0/s1. The summed E-state index contributed by atoms with van der Waals surface area (Å²) in [6.07, 6.45) is 6.39. The second-order valence-corrected chi connectivity index (χ2v) is 11.4. The smallest absolute Gasteiger partial charge is 0.308 e. The van der Waals surface area contributed by atoms with Gasteiger partial charge >= 0.3 is 4.87 Å². The van der Waals surface area contributed by atoms with Crippen molar-refractivity contribution in [3.63, 3.8) is 0 Å². The number of benzene rings is 1. The Kier molecular flexibility index (Phi) is 6.00. The van der Waals surface area contributed by atoms with Gasteiger partial charge in [0.15, 0.2) is 0 Å². The third-order valence-electron chi connectivity index (χ3n) is 7.11. The molecular formula is C26H24N4O4S2. The second-order valence-electron chi connectivity index (χ2n) is 9.24. The normalized spacial score (nSPS) is 23.5. The molecule has 0 bridgehead atoms. The van der Waals surface area contributed by atoms with Crippen LogP contribution < -0.4 is 9.77 Å². The highest BCUT2D eigenvalue weighted by Crippen LogP contribution is 2.53. The third kappa shape index (κ3) is 3.79. The minimum Gasteiger partial charge on any atom is -0.341 e. The summed E-state index contributed by atoms with van der Waals surface area (Å²) in [5.41, 5.74) is 1.31. The van der Waals surface area contributed by atoms with Gasteiger partial charge in [-0.3, -0.25) is 28.7 Å². The van der Waals surface area contributed by atoms with Crippen LogP contribution in [0.5, 0.6) is 0 Å². The first-order valence-electron chi connectivity index (χ1n) is 12.1. The number of anilines is 1. The van der Waals surface area contributed by atoms with Gasteiger partial charge in [0.05, 0.1) is 16.6 Å². The van der Waals surface area contributed by atoms with E-state index < -0.39 is 17.1 Å². The van der Waals surface area contributed by atoms with Gasteiger partial charge in [0.1, 0.15) is 11.8 Å². The lowest BCUT2D eigenvalue weighted by Crippen LogP contribution is -2.39. The van der Waals surface area contributed by atoms with E-state index >= 15 is 0 Å². The molecular weight excluding hydrogens is 496 g/mol. The van der Waals surface area contributed by atoms with Crippen LogP contribution in [0.3, 0.4) is 0 Å². The molecule has 3 atom stereocenters. The number of nitrogens with zero attached hydrogens (tertiary/aromatic N) is 4. The molecule has 1 aromatic carbocycles. The van der Waals surface area contributed by atoms with Crippen molar-refractivity contribution in [2.45, 2.75) is 42.0 Å². The first-order valence-corrected chi connectivity index (χ1v) is 13.7. The molecule has 3 aromatic rings. The highest BCUT2D eigenvalue weighted by molar-refractivity contribution is 8.00. The van der Waals surface area contributed by atoms with Gasteiger partial charge in [-0.25, -0.2) is 4.90 Å². The number of likely N-dealkylation sites (tertiary alicyclic amines) is 1. The molecule has 6 rings (SSSR count). The molecule has 0 spiro atoms. The zero-order chi connectivity index (χ0) is 24.8. The van der Waals surface area contributed by atoms with E-state index in [-0.39, 0.29) is 29.1 Å². The molecule has 8 nitrogen and oxygen atoms in total. The highest BCUT2D eigenvalue weighted by Gasteiger charge is 2.56. The van der Waals surface area contributed by atoms with Crippen LogP contribution >= 0.6 is 23.1 Å². The summed E-state index contributed by atoms with van der Waals surface area (Å²) in [6, 6.07) is 12.6. The molecule has 0 aliphatic carbocycles. The van der Waals surface area contributed by atoms with Crippen molar-refractivity contribution in [3.05, 3.63) is 75.0 Å². The summed E-state index contributed by atoms with van der Waals surface area (Å²) in [6.45, 7) is 1.35. The maximum atomic E-state index is 13.8. The van der Waals surface area contributed by atoms with E-state index in [1.54, 1.807) is 42.7 Å². The number of aromatic nitrogens is 2. The Labute approximate surface area is 215 Å². The minimum absolute atomic E-state index is 0.0562. The predicted molar refractivity (Wildman–Crippen MR) is 137 cm³/mol. The summed E-state index contributed by atoms with van der Waals surface area (Å²) >= 11 is 2.31. The van der Waals surface area contributed by atoms with Crippen LogP contribution in [-0.2, 0) is 20.9 Å². The molecule has 36 heavy (non-hydrogen) atoms. The number of carbonyl (C=O) groups is 3. The van der Waals surface area contributed by atoms with Gasteiger partial charge in [0.25, 0.3) is 0 Å². The maximum absolute atomic E-state index is 13.8. The molecule has 2 aromatic heterocycles. The topological polar surface area (TPSA) is 92.6 Å². The molecule has 0 unspecified atom stereocenters. The predicted octanol–water partition coefficient (Wildman–Crippen LogP) is 3.11. The number of pyridine rings is 1. The number of rotatable bonds is 4. The zero-order valence-electron chi connectivity index (χ0n) is 19.4. The first kappa shape index (κ1) is 23.2. The number of thioether (sulfide) groups is 1. The van der Waals surface area contributed by atoms with E-state index in [9.17, 15) is 19.2 Å². The minimum atomic E-state index is -0.694. The fourth-order valence-corrected chi connectivity index (χ4v) is 8.16. The molecule has 3 amide bonds. The van der Waals surface area contributed by atoms with Crippen LogP contribution in [0.15, 0.2) is 64.7 Å². The fraction of sp³-hybridized carbons (Fsp3) is 0.346. The third-order valence-corrected chi connectivity index (χ3v) is 9.71. The molecule has 0 N–H and O–H groups in total. The quantitative estimate of drug-likeness (QED) is 0.491. The number of hydrogen-bond donors (Lipinski definition) is 0. The monoisotopic (exact) mass is 520 g/mol. The fourth-order valence-electron chi connectivity index (χ4n) is 5.38. The van der Waals surface area contributed by atoms with Crippen molar-refractivity contribution in [2.75, 3.05) is 18.0 Å². The van der Waals surface area contributed by atoms with Crippen LogP contribution in [0.2, 0.25) is 0 Å². The second kappa shape index (κ2) is 9.33. The largest absolute Gasteiger partial charge is 0.341 e. The van der Waals surface area contributed by atoms with Gasteiger partial charge in [-0.1, -0.05) is 47.4 Å². The molecule has 3 aliphatic rings. The number of piperidine rings is 1. The van der Waals surface area contributed by atoms with Gasteiger partial charge in [0, 0.05) is 36.3 Å². The maximum Gasteiger partial charge on any atom is 0.308 e. The SMILES string of the molecule is O=C(Cn1c2c(sc1=O)[C@@H](c1cccnc1)[C@@H]1C(=O)N(c3ccccc3)C(=O)[C@@H]1S2)N1CCCCC1. The number of para-hydroxylation sites is 1. The Balaban J connectivity index is 1.43. The van der Waals surface area contributed by atoms with Gasteiger partial charge in [-0.05, 0) is 43.0 Å². The lowest BCUT2D eigenvalue weighted by molar-refractivity contribution is -0.133. The van der Waals surface area contributed by atoms with E-state index in [0.29, 0.717) is 23.8 Å². The average molecular weight is 521 g/mol. The first-order chi connectivity index (χ1) is 17.5. The molecule has 184 valence electrons. The van der Waals surface area contributed by atoms with Gasteiger partial charge in [-0.2, -0.15) is 0 Å². The number of thiazole rings is 1. The van der Waals surface area contributed by atoms with Gasteiger partial charge in [-0.15, -0.1) is 0 Å². The Hall–Kier alpha value is -3.24. The van der Waals surface area contributed by atoms with Crippen LogP contribution in [0.1, 0.15) is 35.6 Å². The van der Waals surface area contributed by atoms with Crippen molar-refractivity contribution in [2.24, 2.45) is 5.92 Å². The van der Waals surface area contributed by atoms with Crippen LogP contribution in [0.25, 0.3) is 0 Å². The lowest BCUT2D eigenvalue weighted by atomic mass is 9.84. The summed E-state index contributed by atoms with van der Waals surface area (Å²) in [7, 11) is 0. The van der Waals surface area contributed by atoms with Crippen LogP contribution in [0.4, 0.5) is 5.69 Å². The van der Waals surface area contributed by atoms with Gasteiger partial charge < -0.3 is 4.90 Å². The van der Waals surface area contributed by atoms with E-state index in [1.807, 2.05) is 17.0 Å². The molecule has 3 aliphatic heterocycles. The molecule has 10 heteroatoms. The Bertz CT molecular complexity index is 1380. The summed E-state index contributed by atoms with van der Waals surface area (Å²) < 4.78 is 1.50. The molecule has 0 radical (unpaired) electrons. The summed E-state index contributed by atoms with van der Waals surface area (Å²) in [5.74, 6) is -1.82. The number of imide groups is 1. The van der Waals surface area contributed by atoms with Crippen molar-refractivity contribution in [1.82, 2.24) is 14.5 Å². The Morgan fingerprint density at radius 3 is 2.47 bits per heavy atom. The Morgan fingerprint density at radius 1 is 0.972 bits per heavy atom. The lowest BCUT2D eigenvalue weighted by Gasteiger charge is -2.31. The van der Waals surface area contributed by atoms with E-state index in [2.05, 4.69) is 4.98 Å². The van der Waals surface area contributed by atoms with Crippen molar-refractivity contribution >= 4 is 46.5 Å². The van der Waals surface area contributed by atoms with Crippen molar-refractivity contribution in [3.8, 4) is 0 Å². The molecule has 0 saturated carbocycles. The van der Waals surface area contributed by atoms with Gasteiger partial charge in [0.2, 0.25) is 17.7 Å². The van der Waals surface area contributed by atoms with E-state index in [4.69, 9.17) is 0 Å². The van der Waals surface area contributed by atoms with Crippen LogP contribution in [0, 0.1) is 5.92 Å². The van der Waals surface area contributed by atoms with Crippen LogP contribution in [-0.4, -0.2) is 50.5 Å². The number of hydrogen-bond acceptors (Lipinski definition) is 7. The number of carbonyl (C=O) groups excluding carboxylic acids is 3. The van der Waals surface area contributed by atoms with Crippen molar-refractivity contribution < 1.29 is 14.4 Å².